The lowest BCUT2D eigenvalue weighted by Crippen LogP contribution is -2.36. The Morgan fingerprint density at radius 3 is 1.86 bits per heavy atom. The van der Waals surface area contributed by atoms with E-state index in [4.69, 9.17) is 9.47 Å². The van der Waals surface area contributed by atoms with Gasteiger partial charge in [-0.05, 0) is 51.7 Å². The van der Waals surface area contributed by atoms with Crippen molar-refractivity contribution in [1.29, 1.82) is 0 Å². The zero-order valence-corrected chi connectivity index (χ0v) is 28.2. The molecule has 1 heterocycles. The minimum absolute atomic E-state index is 0.116. The molecule has 0 saturated heterocycles. The van der Waals surface area contributed by atoms with Crippen molar-refractivity contribution < 1.29 is 23.9 Å². The van der Waals surface area contributed by atoms with Gasteiger partial charge in [0.05, 0.1) is 5.56 Å². The molecular formula is C35H54N2O5S. The van der Waals surface area contributed by atoms with Crippen molar-refractivity contribution >= 4 is 34.3 Å². The largest absolute Gasteiger partial charge is 0.457 e. The van der Waals surface area contributed by atoms with Gasteiger partial charge < -0.3 is 14.4 Å². The van der Waals surface area contributed by atoms with Crippen LogP contribution in [0.4, 0.5) is 9.80 Å². The fourth-order valence-electron chi connectivity index (χ4n) is 4.82. The van der Waals surface area contributed by atoms with Crippen LogP contribution in [-0.4, -0.2) is 41.6 Å². The summed E-state index contributed by atoms with van der Waals surface area (Å²) in [4.78, 5) is 42.3. The first-order valence-corrected chi connectivity index (χ1v) is 17.0. The third-order valence-corrected chi connectivity index (χ3v) is 8.41. The summed E-state index contributed by atoms with van der Waals surface area (Å²) < 4.78 is 11.3. The van der Waals surface area contributed by atoms with Gasteiger partial charge in [0.15, 0.2) is 0 Å². The van der Waals surface area contributed by atoms with E-state index in [1.165, 1.54) is 51.4 Å². The van der Waals surface area contributed by atoms with Crippen molar-refractivity contribution in [3.63, 3.8) is 0 Å². The number of hydrogen-bond donors (Lipinski definition) is 1. The molecule has 0 radical (unpaired) electrons. The molecule has 7 nitrogen and oxygen atoms in total. The van der Waals surface area contributed by atoms with Crippen LogP contribution in [0, 0.1) is 6.92 Å². The van der Waals surface area contributed by atoms with Crippen LogP contribution in [-0.2, 0) is 16.1 Å². The van der Waals surface area contributed by atoms with Crippen LogP contribution in [0.1, 0.15) is 143 Å². The van der Waals surface area contributed by atoms with Crippen molar-refractivity contribution in [2.45, 2.75) is 131 Å². The van der Waals surface area contributed by atoms with Gasteiger partial charge >= 0.3 is 18.0 Å². The molecule has 43 heavy (non-hydrogen) atoms. The molecule has 0 aliphatic rings. The van der Waals surface area contributed by atoms with Gasteiger partial charge in [-0.3, -0.25) is 5.32 Å². The normalized spacial score (nSPS) is 11.3. The van der Waals surface area contributed by atoms with Crippen LogP contribution < -0.4 is 5.32 Å². The average molecular weight is 615 g/mol. The molecule has 1 aromatic heterocycles. The van der Waals surface area contributed by atoms with E-state index >= 15 is 0 Å². The van der Waals surface area contributed by atoms with Gasteiger partial charge in [0.2, 0.25) is 0 Å². The van der Waals surface area contributed by atoms with Gasteiger partial charge in [0.1, 0.15) is 22.1 Å². The Morgan fingerprint density at radius 2 is 1.33 bits per heavy atom. The lowest BCUT2D eigenvalue weighted by Gasteiger charge is -2.24. The predicted molar refractivity (Wildman–Crippen MR) is 177 cm³/mol. The molecule has 0 unspecified atom stereocenters. The second-order valence-corrected chi connectivity index (χ2v) is 13.3. The van der Waals surface area contributed by atoms with Gasteiger partial charge in [-0.2, -0.15) is 0 Å². The average Bonchev–Trinajstić information content (AvgIpc) is 3.29. The van der Waals surface area contributed by atoms with Gasteiger partial charge in [0, 0.05) is 13.1 Å². The number of hydrogen-bond acceptors (Lipinski definition) is 6. The minimum atomic E-state index is -0.734. The van der Waals surface area contributed by atoms with Crippen LogP contribution in [0.3, 0.4) is 0 Å². The number of anilines is 1. The molecule has 2 amide bonds. The Labute approximate surface area is 263 Å². The number of esters is 2. The third kappa shape index (κ3) is 13.5. The number of ether oxygens (including phenoxy) is 2. The van der Waals surface area contributed by atoms with Gasteiger partial charge in [-0.25, -0.2) is 14.4 Å². The highest BCUT2D eigenvalue weighted by Gasteiger charge is 2.30. The number of thiophene rings is 1. The predicted octanol–water partition coefficient (Wildman–Crippen LogP) is 9.92. The quantitative estimate of drug-likeness (QED) is 0.126. The fourth-order valence-corrected chi connectivity index (χ4v) is 5.90. The standard InChI is InChI=1S/C35H54N2O5S/c1-7-9-11-13-15-20-24-37(25-21-16-14-12-10-8-2)34(40)36-31-29(32(38)42-35(4,5)6)27(3)30(43-31)33(39)41-26-28-22-18-17-19-23-28/h17-19,22-23H,7-16,20-21,24-26H2,1-6H3,(H,36,40). The molecule has 0 aliphatic carbocycles. The molecule has 0 atom stereocenters. The summed E-state index contributed by atoms with van der Waals surface area (Å²) in [7, 11) is 0. The number of amides is 2. The number of unbranched alkanes of at least 4 members (excludes halogenated alkanes) is 10. The smallest absolute Gasteiger partial charge is 0.349 e. The zero-order chi connectivity index (χ0) is 31.7. The highest BCUT2D eigenvalue weighted by Crippen LogP contribution is 2.35. The molecule has 240 valence electrons. The lowest BCUT2D eigenvalue weighted by molar-refractivity contribution is 0.00705. The maximum absolute atomic E-state index is 13.7. The summed E-state index contributed by atoms with van der Waals surface area (Å²) in [5.41, 5.74) is 0.790. The number of carbonyl (C=O) groups is 3. The number of benzene rings is 1. The Hall–Kier alpha value is -2.87. The maximum Gasteiger partial charge on any atom is 0.349 e. The first-order chi connectivity index (χ1) is 20.6. The molecule has 0 saturated carbocycles. The van der Waals surface area contributed by atoms with Gasteiger partial charge in [-0.1, -0.05) is 108 Å². The molecule has 0 aliphatic heterocycles. The summed E-state index contributed by atoms with van der Waals surface area (Å²) in [5, 5.41) is 3.31. The van der Waals surface area contributed by atoms with Crippen LogP contribution in [0.5, 0.6) is 0 Å². The number of urea groups is 1. The topological polar surface area (TPSA) is 84.9 Å². The van der Waals surface area contributed by atoms with E-state index < -0.39 is 17.5 Å². The second-order valence-electron chi connectivity index (χ2n) is 12.3. The summed E-state index contributed by atoms with van der Waals surface area (Å²) in [5.74, 6) is -1.11. The third-order valence-electron chi connectivity index (χ3n) is 7.22. The van der Waals surface area contributed by atoms with Crippen LogP contribution >= 0.6 is 11.3 Å². The Morgan fingerprint density at radius 1 is 0.791 bits per heavy atom. The summed E-state index contributed by atoms with van der Waals surface area (Å²) in [6.45, 7) is 12.9. The SMILES string of the molecule is CCCCCCCCN(CCCCCCCC)C(=O)Nc1sc(C(=O)OCc2ccccc2)c(C)c1C(=O)OC(C)(C)C. The molecule has 0 fully saturated rings. The summed E-state index contributed by atoms with van der Waals surface area (Å²) in [6, 6.07) is 9.19. The Bertz CT molecular complexity index is 1110. The fraction of sp³-hybridized carbons (Fsp3) is 0.629. The van der Waals surface area contributed by atoms with Crippen molar-refractivity contribution in [2.24, 2.45) is 0 Å². The van der Waals surface area contributed by atoms with Crippen molar-refractivity contribution in [3.8, 4) is 0 Å². The number of nitrogens with one attached hydrogen (secondary N) is 1. The van der Waals surface area contributed by atoms with Crippen molar-refractivity contribution in [1.82, 2.24) is 4.90 Å². The molecule has 1 aromatic carbocycles. The number of carbonyl (C=O) groups excluding carboxylic acids is 3. The van der Waals surface area contributed by atoms with E-state index in [0.29, 0.717) is 23.7 Å². The highest BCUT2D eigenvalue weighted by atomic mass is 32.1. The van der Waals surface area contributed by atoms with Crippen LogP contribution in [0.15, 0.2) is 30.3 Å². The molecule has 1 N–H and O–H groups in total. The zero-order valence-electron chi connectivity index (χ0n) is 27.4. The van der Waals surface area contributed by atoms with Crippen molar-refractivity contribution in [3.05, 3.63) is 51.9 Å². The lowest BCUT2D eigenvalue weighted by atomic mass is 10.1. The molecule has 2 aromatic rings. The number of rotatable bonds is 19. The molecule has 0 spiro atoms. The minimum Gasteiger partial charge on any atom is -0.457 e. The van der Waals surface area contributed by atoms with Crippen LogP contribution in [0.25, 0.3) is 0 Å². The van der Waals surface area contributed by atoms with E-state index in [0.717, 1.165) is 42.6 Å². The van der Waals surface area contributed by atoms with Gasteiger partial charge in [-0.15, -0.1) is 11.3 Å². The van der Waals surface area contributed by atoms with E-state index in [9.17, 15) is 14.4 Å². The molecule has 2 rings (SSSR count). The van der Waals surface area contributed by atoms with Crippen LogP contribution in [0.2, 0.25) is 0 Å². The molecule has 0 bridgehead atoms. The van der Waals surface area contributed by atoms with Gasteiger partial charge in [0.25, 0.3) is 0 Å². The first kappa shape index (κ1) is 36.3. The molecule has 8 heteroatoms. The van der Waals surface area contributed by atoms with Crippen molar-refractivity contribution in [2.75, 3.05) is 18.4 Å². The molecular weight excluding hydrogens is 560 g/mol. The summed E-state index contributed by atoms with van der Waals surface area (Å²) >= 11 is 1.07. The summed E-state index contributed by atoms with van der Waals surface area (Å²) in [6.07, 6.45) is 13.7. The Kier molecular flexibility index (Phi) is 16.4. The monoisotopic (exact) mass is 614 g/mol. The highest BCUT2D eigenvalue weighted by molar-refractivity contribution is 7.18. The number of nitrogens with zero attached hydrogens (tertiary/aromatic N) is 1. The maximum atomic E-state index is 13.7. The van der Waals surface area contributed by atoms with E-state index in [1.54, 1.807) is 27.7 Å². The Balaban J connectivity index is 2.22. The van der Waals surface area contributed by atoms with E-state index in [2.05, 4.69) is 19.2 Å². The van der Waals surface area contributed by atoms with E-state index in [1.807, 2.05) is 35.2 Å². The second kappa shape index (κ2) is 19.4. The first-order valence-electron chi connectivity index (χ1n) is 16.2. The van der Waals surface area contributed by atoms with E-state index in [-0.39, 0.29) is 23.1 Å².